The third-order valence-corrected chi connectivity index (χ3v) is 3.82. The first-order chi connectivity index (χ1) is 9.46. The van der Waals surface area contributed by atoms with Crippen molar-refractivity contribution in [2.24, 2.45) is 0 Å². The number of sulfonamides is 1. The summed E-state index contributed by atoms with van der Waals surface area (Å²) in [6, 6.07) is 8.51. The van der Waals surface area contributed by atoms with Gasteiger partial charge >= 0.3 is 5.97 Å². The van der Waals surface area contributed by atoms with Gasteiger partial charge in [0.1, 0.15) is 0 Å². The van der Waals surface area contributed by atoms with Crippen LogP contribution in [0.3, 0.4) is 0 Å². The number of hydrogen-bond donors (Lipinski definition) is 3. The van der Waals surface area contributed by atoms with Crippen molar-refractivity contribution in [3.63, 3.8) is 0 Å². The number of aromatic nitrogens is 2. The Hall–Kier alpha value is -2.35. The minimum absolute atomic E-state index is 0.377. The molecule has 0 bridgehead atoms. The number of nitrogens with zero attached hydrogens (tertiary/aromatic N) is 1. The van der Waals surface area contributed by atoms with Crippen LogP contribution in [0.2, 0.25) is 0 Å². The van der Waals surface area contributed by atoms with Crippen molar-refractivity contribution in [3.8, 4) is 11.3 Å². The molecule has 0 saturated carbocycles. The topological polar surface area (TPSA) is 112 Å². The minimum atomic E-state index is -3.67. The van der Waals surface area contributed by atoms with Gasteiger partial charge in [0.25, 0.3) is 0 Å². The minimum Gasteiger partial charge on any atom is -0.481 e. The molecule has 0 aliphatic rings. The van der Waals surface area contributed by atoms with E-state index in [0.29, 0.717) is 5.69 Å². The van der Waals surface area contributed by atoms with E-state index in [-0.39, 0.29) is 0 Å². The second kappa shape index (κ2) is 5.74. The van der Waals surface area contributed by atoms with Crippen LogP contribution in [-0.4, -0.2) is 35.4 Å². The molecule has 0 radical (unpaired) electrons. The summed E-state index contributed by atoms with van der Waals surface area (Å²) in [5, 5.41) is 15.1. The van der Waals surface area contributed by atoms with Crippen molar-refractivity contribution in [1.82, 2.24) is 10.2 Å². The van der Waals surface area contributed by atoms with Gasteiger partial charge in [-0.25, -0.2) is 8.42 Å². The average Bonchev–Trinajstić information content (AvgIpc) is 2.90. The Morgan fingerprint density at radius 1 is 1.35 bits per heavy atom. The van der Waals surface area contributed by atoms with Crippen LogP contribution in [0.15, 0.2) is 36.5 Å². The summed E-state index contributed by atoms with van der Waals surface area (Å²) in [5.74, 6) is -1.61. The molecule has 3 N–H and O–H groups in total. The van der Waals surface area contributed by atoms with Gasteiger partial charge in [0.05, 0.1) is 17.9 Å². The summed E-state index contributed by atoms with van der Waals surface area (Å²) in [6.45, 7) is 0. The van der Waals surface area contributed by atoms with Gasteiger partial charge in [-0.2, -0.15) is 5.10 Å². The first kappa shape index (κ1) is 14.1. The Kier molecular flexibility index (Phi) is 4.04. The van der Waals surface area contributed by atoms with E-state index in [0.717, 1.165) is 11.3 Å². The molecule has 2 rings (SSSR count). The summed E-state index contributed by atoms with van der Waals surface area (Å²) in [7, 11) is -3.67. The van der Waals surface area contributed by atoms with Crippen LogP contribution in [0.5, 0.6) is 0 Å². The summed E-state index contributed by atoms with van der Waals surface area (Å²) in [5.41, 5.74) is 1.92. The number of aliphatic carboxylic acids is 1. The Morgan fingerprint density at radius 2 is 2.15 bits per heavy atom. The molecular formula is C12H13N3O4S. The van der Waals surface area contributed by atoms with Gasteiger partial charge in [-0.05, 0) is 18.2 Å². The first-order valence-corrected chi connectivity index (χ1v) is 7.43. The molecule has 8 heteroatoms. The number of carboxylic acids is 1. The van der Waals surface area contributed by atoms with Gasteiger partial charge in [0, 0.05) is 17.4 Å². The molecule has 0 spiro atoms. The van der Waals surface area contributed by atoms with Crippen LogP contribution in [0.1, 0.15) is 6.42 Å². The molecule has 0 aliphatic heterocycles. The Balaban J connectivity index is 2.14. The van der Waals surface area contributed by atoms with Gasteiger partial charge in [-0.3, -0.25) is 14.6 Å². The SMILES string of the molecule is O=C(O)CCS(=O)(=O)Nc1cccc(-c2ccn[nH]2)c1. The maximum absolute atomic E-state index is 11.7. The predicted octanol–water partition coefficient (Wildman–Crippen LogP) is 1.29. The van der Waals surface area contributed by atoms with E-state index >= 15 is 0 Å². The summed E-state index contributed by atoms with van der Waals surface area (Å²) < 4.78 is 25.8. The van der Waals surface area contributed by atoms with Gasteiger partial charge in [0.2, 0.25) is 10.0 Å². The molecule has 0 unspecified atom stereocenters. The van der Waals surface area contributed by atoms with Crippen LogP contribution >= 0.6 is 0 Å². The van der Waals surface area contributed by atoms with E-state index in [1.54, 1.807) is 30.5 Å². The van der Waals surface area contributed by atoms with Crippen molar-refractivity contribution in [2.75, 3.05) is 10.5 Å². The molecule has 0 amide bonds. The third kappa shape index (κ3) is 3.82. The molecule has 1 heterocycles. The molecule has 1 aromatic carbocycles. The monoisotopic (exact) mass is 295 g/mol. The zero-order valence-corrected chi connectivity index (χ0v) is 11.2. The first-order valence-electron chi connectivity index (χ1n) is 5.78. The van der Waals surface area contributed by atoms with E-state index in [2.05, 4.69) is 14.9 Å². The highest BCUT2D eigenvalue weighted by Crippen LogP contribution is 2.21. The van der Waals surface area contributed by atoms with Crippen LogP contribution in [0.4, 0.5) is 5.69 Å². The fourth-order valence-corrected chi connectivity index (χ4v) is 2.65. The largest absolute Gasteiger partial charge is 0.481 e. The molecule has 0 atom stereocenters. The highest BCUT2D eigenvalue weighted by molar-refractivity contribution is 7.92. The molecule has 0 fully saturated rings. The lowest BCUT2D eigenvalue weighted by Gasteiger charge is -2.08. The highest BCUT2D eigenvalue weighted by Gasteiger charge is 2.13. The zero-order valence-electron chi connectivity index (χ0n) is 10.4. The number of hydrogen-bond acceptors (Lipinski definition) is 4. The predicted molar refractivity (Wildman–Crippen MR) is 73.7 cm³/mol. The highest BCUT2D eigenvalue weighted by atomic mass is 32.2. The number of benzene rings is 1. The fourth-order valence-electron chi connectivity index (χ4n) is 1.62. The standard InChI is InChI=1S/C12H13N3O4S/c16-12(17)5-7-20(18,19)15-10-3-1-2-9(8-10)11-4-6-13-14-11/h1-4,6,8,15H,5,7H2,(H,13,14)(H,16,17). The van der Waals surface area contributed by atoms with E-state index in [1.807, 2.05) is 6.07 Å². The number of aromatic amines is 1. The fraction of sp³-hybridized carbons (Fsp3) is 0.167. The van der Waals surface area contributed by atoms with E-state index in [9.17, 15) is 13.2 Å². The normalized spacial score (nSPS) is 11.2. The Morgan fingerprint density at radius 3 is 2.80 bits per heavy atom. The van der Waals surface area contributed by atoms with Crippen molar-refractivity contribution in [3.05, 3.63) is 36.5 Å². The van der Waals surface area contributed by atoms with Crippen LogP contribution in [0, 0.1) is 0 Å². The second-order valence-corrected chi connectivity index (χ2v) is 5.96. The maximum atomic E-state index is 11.7. The summed E-state index contributed by atoms with van der Waals surface area (Å²) in [6.07, 6.45) is 1.16. The second-order valence-electron chi connectivity index (χ2n) is 4.12. The van der Waals surface area contributed by atoms with Gasteiger partial charge in [0.15, 0.2) is 0 Å². The molecule has 106 valence electrons. The number of H-pyrrole nitrogens is 1. The zero-order chi connectivity index (χ0) is 14.6. The molecule has 0 saturated heterocycles. The van der Waals surface area contributed by atoms with E-state index < -0.39 is 28.2 Å². The van der Waals surface area contributed by atoms with Crippen molar-refractivity contribution in [2.45, 2.75) is 6.42 Å². The van der Waals surface area contributed by atoms with Crippen molar-refractivity contribution >= 4 is 21.7 Å². The molecule has 20 heavy (non-hydrogen) atoms. The van der Waals surface area contributed by atoms with E-state index in [4.69, 9.17) is 5.11 Å². The van der Waals surface area contributed by atoms with Gasteiger partial charge in [-0.15, -0.1) is 0 Å². The Labute approximate surface area is 115 Å². The van der Waals surface area contributed by atoms with E-state index in [1.165, 1.54) is 0 Å². The summed E-state index contributed by atoms with van der Waals surface area (Å²) in [4.78, 5) is 10.4. The number of anilines is 1. The van der Waals surface area contributed by atoms with Gasteiger partial charge < -0.3 is 5.11 Å². The van der Waals surface area contributed by atoms with Crippen LogP contribution in [0.25, 0.3) is 11.3 Å². The van der Waals surface area contributed by atoms with Crippen molar-refractivity contribution < 1.29 is 18.3 Å². The molecule has 7 nitrogen and oxygen atoms in total. The molecule has 0 aliphatic carbocycles. The lowest BCUT2D eigenvalue weighted by Crippen LogP contribution is -2.18. The number of nitrogens with one attached hydrogen (secondary N) is 2. The quantitative estimate of drug-likeness (QED) is 0.743. The van der Waals surface area contributed by atoms with Crippen LogP contribution < -0.4 is 4.72 Å². The lowest BCUT2D eigenvalue weighted by atomic mass is 10.1. The average molecular weight is 295 g/mol. The molecule has 1 aromatic heterocycles. The number of carboxylic acid groups (broad SMARTS) is 1. The third-order valence-electron chi connectivity index (χ3n) is 2.53. The van der Waals surface area contributed by atoms with Crippen LogP contribution in [-0.2, 0) is 14.8 Å². The lowest BCUT2D eigenvalue weighted by molar-refractivity contribution is -0.136. The maximum Gasteiger partial charge on any atom is 0.304 e. The van der Waals surface area contributed by atoms with Gasteiger partial charge in [-0.1, -0.05) is 12.1 Å². The number of rotatable bonds is 6. The Bertz CT molecular complexity index is 695. The smallest absolute Gasteiger partial charge is 0.304 e. The van der Waals surface area contributed by atoms with Crippen molar-refractivity contribution in [1.29, 1.82) is 0 Å². The summed E-state index contributed by atoms with van der Waals surface area (Å²) >= 11 is 0. The molecular weight excluding hydrogens is 282 g/mol. The number of carbonyl (C=O) groups is 1. The molecule has 2 aromatic rings.